The van der Waals surface area contributed by atoms with Gasteiger partial charge < -0.3 is 10.2 Å². The topological polar surface area (TPSA) is 48.5 Å². The van der Waals surface area contributed by atoms with Gasteiger partial charge in [-0.3, -0.25) is 14.7 Å². The molecule has 1 saturated heterocycles. The quantitative estimate of drug-likeness (QED) is 0.902. The maximum absolute atomic E-state index is 11.9. The van der Waals surface area contributed by atoms with E-state index >= 15 is 0 Å². The van der Waals surface area contributed by atoms with Crippen molar-refractivity contribution >= 4 is 11.6 Å². The smallest absolute Gasteiger partial charge is 0.272 e. The highest BCUT2D eigenvalue weighted by atomic mass is 16.2. The summed E-state index contributed by atoms with van der Waals surface area (Å²) in [5.74, 6) is -0.0669. The fourth-order valence-electron chi connectivity index (χ4n) is 2.64. The third-order valence-electron chi connectivity index (χ3n) is 4.00. The van der Waals surface area contributed by atoms with E-state index in [1.54, 1.807) is 25.2 Å². The molecule has 1 fully saturated rings. The van der Waals surface area contributed by atoms with Crippen LogP contribution in [0.15, 0.2) is 18.3 Å². The monoisotopic (exact) mass is 290 g/mol. The molecule has 1 N–H and O–H groups in total. The molecule has 5 heteroatoms. The first kappa shape index (κ1) is 15.8. The number of hydrogen-bond donors (Lipinski definition) is 1. The zero-order valence-corrected chi connectivity index (χ0v) is 13.3. The molecular formula is C16H26N4O. The third kappa shape index (κ3) is 4.43. The molecule has 0 bridgehead atoms. The summed E-state index contributed by atoms with van der Waals surface area (Å²) < 4.78 is 0. The Labute approximate surface area is 127 Å². The van der Waals surface area contributed by atoms with Gasteiger partial charge in [-0.1, -0.05) is 6.42 Å². The molecule has 1 unspecified atom stereocenters. The van der Waals surface area contributed by atoms with Crippen LogP contribution < -0.4 is 5.32 Å². The van der Waals surface area contributed by atoms with Gasteiger partial charge in [0.1, 0.15) is 5.69 Å². The Balaban J connectivity index is 1.90. The highest BCUT2D eigenvalue weighted by molar-refractivity contribution is 5.92. The first-order valence-electron chi connectivity index (χ1n) is 7.73. The lowest BCUT2D eigenvalue weighted by Crippen LogP contribution is -2.41. The lowest BCUT2D eigenvalue weighted by Gasteiger charge is -2.32. The first-order valence-corrected chi connectivity index (χ1v) is 7.73. The minimum Gasteiger partial charge on any atom is -0.383 e. The van der Waals surface area contributed by atoms with Gasteiger partial charge in [0, 0.05) is 38.6 Å². The van der Waals surface area contributed by atoms with Gasteiger partial charge in [0.15, 0.2) is 0 Å². The summed E-state index contributed by atoms with van der Waals surface area (Å²) in [7, 11) is 3.48. The van der Waals surface area contributed by atoms with Crippen LogP contribution in [0.2, 0.25) is 0 Å². The number of rotatable bonds is 5. The van der Waals surface area contributed by atoms with Gasteiger partial charge in [0.2, 0.25) is 0 Å². The van der Waals surface area contributed by atoms with Crippen LogP contribution in [0.4, 0.5) is 5.69 Å². The third-order valence-corrected chi connectivity index (χ3v) is 4.00. The zero-order valence-electron chi connectivity index (χ0n) is 13.3. The van der Waals surface area contributed by atoms with Gasteiger partial charge in [0.05, 0.1) is 0 Å². The summed E-state index contributed by atoms with van der Waals surface area (Å²) >= 11 is 0. The minimum absolute atomic E-state index is 0.0669. The van der Waals surface area contributed by atoms with Crippen LogP contribution in [-0.4, -0.2) is 60.5 Å². The second-order valence-corrected chi connectivity index (χ2v) is 5.96. The molecule has 1 amide bonds. The molecule has 1 atom stereocenters. The summed E-state index contributed by atoms with van der Waals surface area (Å²) in [6, 6.07) is 4.24. The SMILES string of the molecule is CC(CNc1ccnc(C(=O)N(C)C)c1)N1CCCCC1. The van der Waals surface area contributed by atoms with E-state index in [0.717, 1.165) is 12.2 Å². The number of pyridine rings is 1. The lowest BCUT2D eigenvalue weighted by molar-refractivity contribution is 0.0822. The van der Waals surface area contributed by atoms with E-state index < -0.39 is 0 Å². The molecule has 2 rings (SSSR count). The minimum atomic E-state index is -0.0669. The fourth-order valence-corrected chi connectivity index (χ4v) is 2.64. The number of hydrogen-bond acceptors (Lipinski definition) is 4. The second-order valence-electron chi connectivity index (χ2n) is 5.96. The van der Waals surface area contributed by atoms with Gasteiger partial charge in [0.25, 0.3) is 5.91 Å². The Bertz CT molecular complexity index is 469. The molecule has 1 aromatic rings. The Morgan fingerprint density at radius 3 is 2.76 bits per heavy atom. The van der Waals surface area contributed by atoms with E-state index in [1.807, 2.05) is 12.1 Å². The summed E-state index contributed by atoms with van der Waals surface area (Å²) in [6.45, 7) is 5.54. The van der Waals surface area contributed by atoms with Crippen LogP contribution in [-0.2, 0) is 0 Å². The number of anilines is 1. The number of aromatic nitrogens is 1. The van der Waals surface area contributed by atoms with Crippen LogP contribution in [0.25, 0.3) is 0 Å². The second kappa shape index (κ2) is 7.41. The normalized spacial score (nSPS) is 17.3. The number of carbonyl (C=O) groups is 1. The molecule has 5 nitrogen and oxygen atoms in total. The van der Waals surface area contributed by atoms with Crippen molar-refractivity contribution < 1.29 is 4.79 Å². The van der Waals surface area contributed by atoms with Crippen molar-refractivity contribution in [3.05, 3.63) is 24.0 Å². The van der Waals surface area contributed by atoms with Crippen LogP contribution in [0.1, 0.15) is 36.7 Å². The predicted molar refractivity (Wildman–Crippen MR) is 85.6 cm³/mol. The molecule has 0 saturated carbocycles. The molecule has 21 heavy (non-hydrogen) atoms. The first-order chi connectivity index (χ1) is 10.1. The Morgan fingerprint density at radius 1 is 1.38 bits per heavy atom. The van der Waals surface area contributed by atoms with Gasteiger partial charge in [-0.25, -0.2) is 0 Å². The summed E-state index contributed by atoms with van der Waals surface area (Å²) in [4.78, 5) is 20.1. The van der Waals surface area contributed by atoms with Gasteiger partial charge in [-0.05, 0) is 45.0 Å². The summed E-state index contributed by atoms with van der Waals surface area (Å²) in [6.07, 6.45) is 5.66. The maximum atomic E-state index is 11.9. The largest absolute Gasteiger partial charge is 0.383 e. The molecule has 0 spiro atoms. The van der Waals surface area contributed by atoms with E-state index in [2.05, 4.69) is 22.1 Å². The number of piperidine rings is 1. The highest BCUT2D eigenvalue weighted by Crippen LogP contribution is 2.14. The molecule has 0 radical (unpaired) electrons. The van der Waals surface area contributed by atoms with Crippen molar-refractivity contribution in [2.75, 3.05) is 39.0 Å². The number of nitrogens with one attached hydrogen (secondary N) is 1. The molecule has 1 aliphatic rings. The average molecular weight is 290 g/mol. The van der Waals surface area contributed by atoms with Crippen molar-refractivity contribution in [2.24, 2.45) is 0 Å². The van der Waals surface area contributed by atoms with Crippen LogP contribution in [0.3, 0.4) is 0 Å². The van der Waals surface area contributed by atoms with E-state index in [0.29, 0.717) is 11.7 Å². The van der Waals surface area contributed by atoms with Gasteiger partial charge in [-0.2, -0.15) is 0 Å². The van der Waals surface area contributed by atoms with Crippen molar-refractivity contribution in [2.45, 2.75) is 32.2 Å². The van der Waals surface area contributed by atoms with Crippen molar-refractivity contribution in [1.82, 2.24) is 14.8 Å². The van der Waals surface area contributed by atoms with Crippen molar-refractivity contribution in [1.29, 1.82) is 0 Å². The van der Waals surface area contributed by atoms with E-state index in [1.165, 1.54) is 32.4 Å². The number of carbonyl (C=O) groups excluding carboxylic acids is 1. The Kier molecular flexibility index (Phi) is 5.56. The predicted octanol–water partition coefficient (Wildman–Crippen LogP) is 2.07. The summed E-state index contributed by atoms with van der Waals surface area (Å²) in [5.41, 5.74) is 1.44. The molecule has 2 heterocycles. The van der Waals surface area contributed by atoms with Gasteiger partial charge in [-0.15, -0.1) is 0 Å². The number of likely N-dealkylation sites (tertiary alicyclic amines) is 1. The Hall–Kier alpha value is -1.62. The van der Waals surface area contributed by atoms with Gasteiger partial charge >= 0.3 is 0 Å². The molecular weight excluding hydrogens is 264 g/mol. The fraction of sp³-hybridized carbons (Fsp3) is 0.625. The van der Waals surface area contributed by atoms with E-state index in [9.17, 15) is 4.79 Å². The molecule has 0 aliphatic carbocycles. The number of nitrogens with zero attached hydrogens (tertiary/aromatic N) is 3. The standard InChI is InChI=1S/C16H26N4O/c1-13(20-9-5-4-6-10-20)12-18-14-7-8-17-15(11-14)16(21)19(2)3/h7-8,11,13H,4-6,9-10,12H2,1-3H3,(H,17,18). The zero-order chi connectivity index (χ0) is 15.2. The molecule has 1 aromatic heterocycles. The molecule has 0 aromatic carbocycles. The van der Waals surface area contributed by atoms with E-state index in [4.69, 9.17) is 0 Å². The Morgan fingerprint density at radius 2 is 2.10 bits per heavy atom. The highest BCUT2D eigenvalue weighted by Gasteiger charge is 2.16. The van der Waals surface area contributed by atoms with Crippen LogP contribution in [0.5, 0.6) is 0 Å². The molecule has 116 valence electrons. The summed E-state index contributed by atoms with van der Waals surface area (Å²) in [5, 5.41) is 3.42. The maximum Gasteiger partial charge on any atom is 0.272 e. The molecule has 1 aliphatic heterocycles. The lowest BCUT2D eigenvalue weighted by atomic mass is 10.1. The van der Waals surface area contributed by atoms with E-state index in [-0.39, 0.29) is 5.91 Å². The van der Waals surface area contributed by atoms with Crippen molar-refractivity contribution in [3.63, 3.8) is 0 Å². The van der Waals surface area contributed by atoms with Crippen LogP contribution >= 0.6 is 0 Å². The van der Waals surface area contributed by atoms with Crippen molar-refractivity contribution in [3.8, 4) is 0 Å². The number of amides is 1. The average Bonchev–Trinajstić information content (AvgIpc) is 2.53. The van der Waals surface area contributed by atoms with Crippen LogP contribution in [0, 0.1) is 0 Å².